The van der Waals surface area contributed by atoms with Gasteiger partial charge in [-0.25, -0.2) is 8.42 Å². The van der Waals surface area contributed by atoms with Crippen LogP contribution in [0.3, 0.4) is 0 Å². The van der Waals surface area contributed by atoms with Gasteiger partial charge in [0.25, 0.3) is 10.0 Å². The van der Waals surface area contributed by atoms with Crippen molar-refractivity contribution < 1.29 is 17.9 Å². The summed E-state index contributed by atoms with van der Waals surface area (Å²) in [5.74, 6) is 1.85. The van der Waals surface area contributed by atoms with Gasteiger partial charge in [0.2, 0.25) is 6.79 Å². The molecule has 3 atom stereocenters. The number of allylic oxidation sites excluding steroid dienone is 2. The van der Waals surface area contributed by atoms with E-state index in [4.69, 9.17) is 32.7 Å². The summed E-state index contributed by atoms with van der Waals surface area (Å²) in [5.41, 5.74) is 3.22. The highest BCUT2D eigenvalue weighted by Gasteiger charge is 2.39. The maximum Gasteiger partial charge on any atom is 0.261 e. The standard InChI is InChI=1S/C25H20Cl2N2O4S/c26-19-5-2-6-21(24(19)27)29-34(30,31)15-8-9-20-18(12-15)16-3-1-4-17(16)25(28-20)14-7-10-22-23(11-14)33-13-32-22/h1-3,5-12,16-17,25,28-29H,4,13H2/t16-,17+,25+/m0/s1. The molecule has 0 saturated heterocycles. The Morgan fingerprint density at radius 2 is 1.85 bits per heavy atom. The maximum absolute atomic E-state index is 13.2. The van der Waals surface area contributed by atoms with Gasteiger partial charge in [-0.3, -0.25) is 4.72 Å². The second-order valence-corrected chi connectivity index (χ2v) is 11.0. The molecule has 3 aromatic rings. The first kappa shape index (κ1) is 21.6. The van der Waals surface area contributed by atoms with Crippen LogP contribution in [0, 0.1) is 5.92 Å². The minimum Gasteiger partial charge on any atom is -0.454 e. The van der Waals surface area contributed by atoms with Crippen molar-refractivity contribution in [2.24, 2.45) is 5.92 Å². The van der Waals surface area contributed by atoms with Crippen molar-refractivity contribution in [1.82, 2.24) is 0 Å². The number of anilines is 2. The lowest BCUT2D eigenvalue weighted by Gasteiger charge is -2.37. The topological polar surface area (TPSA) is 76.7 Å². The van der Waals surface area contributed by atoms with Crippen molar-refractivity contribution in [3.63, 3.8) is 0 Å². The molecule has 0 unspecified atom stereocenters. The lowest BCUT2D eigenvalue weighted by molar-refractivity contribution is 0.174. The summed E-state index contributed by atoms with van der Waals surface area (Å²) in [6.07, 6.45) is 5.23. The molecule has 34 heavy (non-hydrogen) atoms. The smallest absolute Gasteiger partial charge is 0.261 e. The van der Waals surface area contributed by atoms with Gasteiger partial charge in [-0.05, 0) is 65.9 Å². The fourth-order valence-corrected chi connectivity index (χ4v) is 6.47. The zero-order chi connectivity index (χ0) is 23.4. The Balaban J connectivity index is 1.34. The van der Waals surface area contributed by atoms with Crippen LogP contribution in [0.1, 0.15) is 29.5 Å². The highest BCUT2D eigenvalue weighted by Crippen LogP contribution is 2.51. The van der Waals surface area contributed by atoms with E-state index >= 15 is 0 Å². The predicted molar refractivity (Wildman–Crippen MR) is 133 cm³/mol. The number of rotatable bonds is 4. The van der Waals surface area contributed by atoms with E-state index in [-0.39, 0.29) is 45.3 Å². The average molecular weight is 515 g/mol. The van der Waals surface area contributed by atoms with Gasteiger partial charge < -0.3 is 14.8 Å². The highest BCUT2D eigenvalue weighted by molar-refractivity contribution is 7.92. The first-order chi connectivity index (χ1) is 16.4. The summed E-state index contributed by atoms with van der Waals surface area (Å²) in [6, 6.07) is 16.1. The van der Waals surface area contributed by atoms with Crippen LogP contribution in [0.5, 0.6) is 11.5 Å². The average Bonchev–Trinajstić information content (AvgIpc) is 3.50. The van der Waals surface area contributed by atoms with E-state index < -0.39 is 10.0 Å². The molecule has 2 heterocycles. The number of hydrogen-bond acceptors (Lipinski definition) is 5. The summed E-state index contributed by atoms with van der Waals surface area (Å²) in [5, 5.41) is 4.08. The molecule has 0 radical (unpaired) electrons. The van der Waals surface area contributed by atoms with Crippen molar-refractivity contribution in [2.45, 2.75) is 23.3 Å². The molecule has 0 amide bonds. The van der Waals surface area contributed by atoms with Crippen molar-refractivity contribution >= 4 is 44.6 Å². The largest absolute Gasteiger partial charge is 0.454 e. The lowest BCUT2D eigenvalue weighted by Crippen LogP contribution is -2.29. The summed E-state index contributed by atoms with van der Waals surface area (Å²) < 4.78 is 39.9. The Kier molecular flexibility index (Phi) is 5.17. The summed E-state index contributed by atoms with van der Waals surface area (Å²) >= 11 is 12.2. The van der Waals surface area contributed by atoms with Crippen molar-refractivity contribution in [1.29, 1.82) is 0 Å². The molecular weight excluding hydrogens is 495 g/mol. The molecule has 0 fully saturated rings. The first-order valence-corrected chi connectivity index (χ1v) is 13.1. The van der Waals surface area contributed by atoms with Crippen LogP contribution in [0.25, 0.3) is 0 Å². The SMILES string of the molecule is O=S(=O)(Nc1cccc(Cl)c1Cl)c1ccc2c(c1)[C@H]1C=CC[C@H]1[C@@H](c1ccc3c(c1)OCO3)N2. The second-order valence-electron chi connectivity index (χ2n) is 8.54. The zero-order valence-corrected chi connectivity index (χ0v) is 20.1. The van der Waals surface area contributed by atoms with Gasteiger partial charge in [0, 0.05) is 11.6 Å². The van der Waals surface area contributed by atoms with E-state index in [1.54, 1.807) is 30.3 Å². The summed E-state index contributed by atoms with van der Waals surface area (Å²) in [6.45, 7) is 0.235. The molecule has 1 aliphatic carbocycles. The minimum absolute atomic E-state index is 0.0628. The van der Waals surface area contributed by atoms with Crippen LogP contribution in [-0.2, 0) is 10.0 Å². The molecule has 6 rings (SSSR count). The first-order valence-electron chi connectivity index (χ1n) is 10.8. The van der Waals surface area contributed by atoms with Crippen LogP contribution in [-0.4, -0.2) is 15.2 Å². The molecule has 2 aliphatic heterocycles. The van der Waals surface area contributed by atoms with Crippen molar-refractivity contribution in [2.75, 3.05) is 16.8 Å². The van der Waals surface area contributed by atoms with Crippen LogP contribution < -0.4 is 19.5 Å². The number of halogens is 2. The third kappa shape index (κ3) is 3.59. The van der Waals surface area contributed by atoms with Crippen LogP contribution >= 0.6 is 23.2 Å². The van der Waals surface area contributed by atoms with Crippen molar-refractivity contribution in [3.05, 3.63) is 87.9 Å². The maximum atomic E-state index is 13.2. The number of benzene rings is 3. The second kappa shape index (κ2) is 8.12. The lowest BCUT2D eigenvalue weighted by atomic mass is 9.77. The van der Waals surface area contributed by atoms with Gasteiger partial charge in [0.1, 0.15) is 0 Å². The van der Waals surface area contributed by atoms with E-state index in [2.05, 4.69) is 28.3 Å². The Hall–Kier alpha value is -2.87. The fourth-order valence-electron chi connectivity index (χ4n) is 4.96. The monoisotopic (exact) mass is 514 g/mol. The van der Waals surface area contributed by atoms with E-state index in [9.17, 15) is 8.42 Å². The zero-order valence-electron chi connectivity index (χ0n) is 17.8. The molecule has 174 valence electrons. The number of hydrogen-bond donors (Lipinski definition) is 2. The van der Waals surface area contributed by atoms with Crippen LogP contribution in [0.2, 0.25) is 10.0 Å². The van der Waals surface area contributed by atoms with Gasteiger partial charge in [-0.2, -0.15) is 0 Å². The molecule has 0 aromatic heterocycles. The molecule has 0 spiro atoms. The molecule has 6 nitrogen and oxygen atoms in total. The van der Waals surface area contributed by atoms with Gasteiger partial charge in [0.05, 0.1) is 26.7 Å². The number of ether oxygens (including phenoxy) is 2. The third-order valence-corrected chi connectivity index (χ3v) is 8.78. The number of fused-ring (bicyclic) bond motifs is 4. The van der Waals surface area contributed by atoms with Crippen LogP contribution in [0.15, 0.2) is 71.6 Å². The molecule has 2 N–H and O–H groups in total. The van der Waals surface area contributed by atoms with E-state index in [1.165, 1.54) is 0 Å². The Bertz CT molecular complexity index is 1440. The van der Waals surface area contributed by atoms with Crippen molar-refractivity contribution in [3.8, 4) is 11.5 Å². The molecule has 3 aromatic carbocycles. The van der Waals surface area contributed by atoms with Crippen LogP contribution in [0.4, 0.5) is 11.4 Å². The summed E-state index contributed by atoms with van der Waals surface area (Å²) in [7, 11) is -3.86. The predicted octanol–water partition coefficient (Wildman–Crippen LogP) is 6.35. The molecule has 9 heteroatoms. The number of sulfonamides is 1. The normalized spacial score (nSPS) is 22.1. The minimum atomic E-state index is -3.86. The van der Waals surface area contributed by atoms with E-state index in [0.29, 0.717) is 0 Å². The van der Waals surface area contributed by atoms with E-state index in [0.717, 1.165) is 34.7 Å². The Morgan fingerprint density at radius 3 is 2.74 bits per heavy atom. The Morgan fingerprint density at radius 1 is 1.00 bits per heavy atom. The van der Waals surface area contributed by atoms with Gasteiger partial charge >= 0.3 is 0 Å². The molecular formula is C25H20Cl2N2O4S. The van der Waals surface area contributed by atoms with Gasteiger partial charge in [0.15, 0.2) is 11.5 Å². The fraction of sp³-hybridized carbons (Fsp3) is 0.200. The third-order valence-electron chi connectivity index (χ3n) is 6.60. The molecule has 3 aliphatic rings. The van der Waals surface area contributed by atoms with Gasteiger partial charge in [-0.15, -0.1) is 0 Å². The summed E-state index contributed by atoms with van der Waals surface area (Å²) in [4.78, 5) is 0.171. The quantitative estimate of drug-likeness (QED) is 0.396. The van der Waals surface area contributed by atoms with Gasteiger partial charge in [-0.1, -0.05) is 47.5 Å². The van der Waals surface area contributed by atoms with E-state index in [1.807, 2.05) is 18.2 Å². The highest BCUT2D eigenvalue weighted by atomic mass is 35.5. The number of nitrogens with one attached hydrogen (secondary N) is 2. The molecule has 0 bridgehead atoms. The molecule has 0 saturated carbocycles. The Labute approximate surface area is 207 Å².